The molecule has 1 heterocycles. The van der Waals surface area contributed by atoms with Crippen molar-refractivity contribution >= 4 is 18.3 Å². The van der Waals surface area contributed by atoms with Gasteiger partial charge in [0.15, 0.2) is 0 Å². The first-order valence-electron chi connectivity index (χ1n) is 7.24. The van der Waals surface area contributed by atoms with Gasteiger partial charge in [-0.05, 0) is 38.0 Å². The minimum Gasteiger partial charge on any atom is -0.384 e. The number of likely N-dealkylation sites (tertiary alicyclic amines) is 1. The van der Waals surface area contributed by atoms with E-state index in [1.54, 1.807) is 7.11 Å². The van der Waals surface area contributed by atoms with Gasteiger partial charge in [0.05, 0.1) is 6.61 Å². The fourth-order valence-corrected chi connectivity index (χ4v) is 3.35. The Balaban J connectivity index is 0.00000180. The topological polar surface area (TPSA) is 55.6 Å². The predicted molar refractivity (Wildman–Crippen MR) is 78.4 cm³/mol. The second-order valence-corrected chi connectivity index (χ2v) is 5.87. The van der Waals surface area contributed by atoms with Gasteiger partial charge in [-0.25, -0.2) is 0 Å². The van der Waals surface area contributed by atoms with Crippen LogP contribution in [0.4, 0.5) is 0 Å². The minimum absolute atomic E-state index is 0. The first kappa shape index (κ1) is 16.7. The summed E-state index contributed by atoms with van der Waals surface area (Å²) in [5.41, 5.74) is 5.98. The van der Waals surface area contributed by atoms with Crippen molar-refractivity contribution < 1.29 is 9.53 Å². The molecular weight excluding hydrogens is 264 g/mol. The highest BCUT2D eigenvalue weighted by atomic mass is 35.5. The van der Waals surface area contributed by atoms with E-state index in [0.717, 1.165) is 51.8 Å². The van der Waals surface area contributed by atoms with Crippen LogP contribution in [0.5, 0.6) is 0 Å². The van der Waals surface area contributed by atoms with Crippen LogP contribution in [0.15, 0.2) is 0 Å². The summed E-state index contributed by atoms with van der Waals surface area (Å²) in [6.45, 7) is 2.57. The smallest absolute Gasteiger partial charge is 0.225 e. The Morgan fingerprint density at radius 2 is 2.11 bits per heavy atom. The summed E-state index contributed by atoms with van der Waals surface area (Å²) in [5.74, 6) is 1.03. The molecule has 3 atom stereocenters. The lowest BCUT2D eigenvalue weighted by Crippen LogP contribution is -2.46. The maximum Gasteiger partial charge on any atom is 0.225 e. The van der Waals surface area contributed by atoms with Gasteiger partial charge in [-0.15, -0.1) is 12.4 Å². The summed E-state index contributed by atoms with van der Waals surface area (Å²) < 4.78 is 5.21. The van der Waals surface area contributed by atoms with Gasteiger partial charge < -0.3 is 15.4 Å². The normalized spacial score (nSPS) is 31.7. The van der Waals surface area contributed by atoms with Crippen LogP contribution in [-0.2, 0) is 9.53 Å². The van der Waals surface area contributed by atoms with E-state index in [1.807, 2.05) is 0 Å². The van der Waals surface area contributed by atoms with Gasteiger partial charge in [-0.2, -0.15) is 0 Å². The monoisotopic (exact) mass is 290 g/mol. The summed E-state index contributed by atoms with van der Waals surface area (Å²) in [6.07, 6.45) is 6.38. The van der Waals surface area contributed by atoms with Crippen LogP contribution in [-0.4, -0.2) is 43.7 Å². The third kappa shape index (κ3) is 4.62. The van der Waals surface area contributed by atoms with Crippen molar-refractivity contribution in [3.8, 4) is 0 Å². The van der Waals surface area contributed by atoms with Crippen LogP contribution in [0.25, 0.3) is 0 Å². The van der Waals surface area contributed by atoms with E-state index in [-0.39, 0.29) is 24.4 Å². The Bertz CT molecular complexity index is 287. The summed E-state index contributed by atoms with van der Waals surface area (Å²) in [5, 5.41) is 0. The second kappa shape index (κ2) is 8.08. The Hall–Kier alpha value is -0.320. The highest BCUT2D eigenvalue weighted by Gasteiger charge is 2.31. The molecule has 1 aliphatic carbocycles. The molecule has 0 spiro atoms. The van der Waals surface area contributed by atoms with E-state index in [1.165, 1.54) is 6.42 Å². The molecule has 0 aromatic heterocycles. The zero-order chi connectivity index (χ0) is 13.0. The molecular formula is C14H27ClN2O2. The quantitative estimate of drug-likeness (QED) is 0.862. The first-order chi connectivity index (χ1) is 8.70. The van der Waals surface area contributed by atoms with E-state index in [0.29, 0.717) is 11.8 Å². The number of methoxy groups -OCH3 is 1. The molecule has 2 fully saturated rings. The number of nitrogens with two attached hydrogens (primary N) is 1. The largest absolute Gasteiger partial charge is 0.384 e. The van der Waals surface area contributed by atoms with E-state index in [2.05, 4.69) is 4.90 Å². The standard InChI is InChI=1S/C14H26N2O2.ClH/c1-18-10-11-4-3-7-16(9-11)14(17)12-5-2-6-13(15)8-12;/h11-13H,2-10,15H2,1H3;1H. The first-order valence-corrected chi connectivity index (χ1v) is 7.24. The average Bonchev–Trinajstić information content (AvgIpc) is 2.39. The number of halogens is 1. The van der Waals surface area contributed by atoms with Gasteiger partial charge in [0.25, 0.3) is 0 Å². The minimum atomic E-state index is 0. The van der Waals surface area contributed by atoms with Crippen molar-refractivity contribution in [2.24, 2.45) is 17.6 Å². The number of carbonyl (C=O) groups is 1. The second-order valence-electron chi connectivity index (χ2n) is 5.87. The fraction of sp³-hybridized carbons (Fsp3) is 0.929. The molecule has 1 saturated heterocycles. The molecule has 3 unspecified atom stereocenters. The van der Waals surface area contributed by atoms with Crippen LogP contribution in [0.3, 0.4) is 0 Å². The number of amides is 1. The van der Waals surface area contributed by atoms with Crippen LogP contribution < -0.4 is 5.73 Å². The number of hydrogen-bond donors (Lipinski definition) is 1. The Kier molecular flexibility index (Phi) is 7.11. The molecule has 2 aliphatic rings. The number of ether oxygens (including phenoxy) is 1. The molecule has 0 aromatic rings. The molecule has 0 radical (unpaired) electrons. The molecule has 2 N–H and O–H groups in total. The molecule has 0 bridgehead atoms. The van der Waals surface area contributed by atoms with Crippen molar-refractivity contribution in [3.05, 3.63) is 0 Å². The van der Waals surface area contributed by atoms with Crippen molar-refractivity contribution in [2.45, 2.75) is 44.6 Å². The van der Waals surface area contributed by atoms with E-state index in [4.69, 9.17) is 10.5 Å². The lowest BCUT2D eigenvalue weighted by Gasteiger charge is -2.36. The third-order valence-corrected chi connectivity index (χ3v) is 4.30. The molecule has 1 saturated carbocycles. The molecule has 2 rings (SSSR count). The van der Waals surface area contributed by atoms with Gasteiger partial charge in [0, 0.05) is 32.2 Å². The van der Waals surface area contributed by atoms with E-state index < -0.39 is 0 Å². The van der Waals surface area contributed by atoms with Crippen LogP contribution in [0.1, 0.15) is 38.5 Å². The van der Waals surface area contributed by atoms with Crippen molar-refractivity contribution in [1.29, 1.82) is 0 Å². The summed E-state index contributed by atoms with van der Waals surface area (Å²) in [6, 6.07) is 0.229. The highest BCUT2D eigenvalue weighted by Crippen LogP contribution is 2.27. The zero-order valence-electron chi connectivity index (χ0n) is 11.8. The molecule has 19 heavy (non-hydrogen) atoms. The number of rotatable bonds is 3. The maximum absolute atomic E-state index is 12.5. The molecule has 5 heteroatoms. The molecule has 1 amide bonds. The van der Waals surface area contributed by atoms with Gasteiger partial charge in [0.2, 0.25) is 5.91 Å². The van der Waals surface area contributed by atoms with Crippen molar-refractivity contribution in [1.82, 2.24) is 4.90 Å². The fourth-order valence-electron chi connectivity index (χ4n) is 3.35. The highest BCUT2D eigenvalue weighted by molar-refractivity contribution is 5.85. The number of carbonyl (C=O) groups excluding carboxylic acids is 1. The third-order valence-electron chi connectivity index (χ3n) is 4.30. The van der Waals surface area contributed by atoms with Gasteiger partial charge >= 0.3 is 0 Å². The number of piperidine rings is 1. The van der Waals surface area contributed by atoms with Gasteiger partial charge in [-0.1, -0.05) is 6.42 Å². The SMILES string of the molecule is COCC1CCCN(C(=O)C2CCCC(N)C2)C1.Cl. The molecule has 0 aromatic carbocycles. The van der Waals surface area contributed by atoms with Crippen LogP contribution >= 0.6 is 12.4 Å². The molecule has 112 valence electrons. The molecule has 1 aliphatic heterocycles. The van der Waals surface area contributed by atoms with E-state index >= 15 is 0 Å². The zero-order valence-corrected chi connectivity index (χ0v) is 12.7. The summed E-state index contributed by atoms with van der Waals surface area (Å²) >= 11 is 0. The van der Waals surface area contributed by atoms with Gasteiger partial charge in [-0.3, -0.25) is 4.79 Å². The molecule has 4 nitrogen and oxygen atoms in total. The Morgan fingerprint density at radius 3 is 2.79 bits per heavy atom. The van der Waals surface area contributed by atoms with Crippen molar-refractivity contribution in [3.63, 3.8) is 0 Å². The number of nitrogens with zero attached hydrogens (tertiary/aromatic N) is 1. The van der Waals surface area contributed by atoms with Gasteiger partial charge in [0.1, 0.15) is 0 Å². The van der Waals surface area contributed by atoms with E-state index in [9.17, 15) is 4.79 Å². The summed E-state index contributed by atoms with van der Waals surface area (Å²) in [7, 11) is 1.74. The number of hydrogen-bond acceptors (Lipinski definition) is 3. The van der Waals surface area contributed by atoms with Crippen LogP contribution in [0, 0.1) is 11.8 Å². The predicted octanol–water partition coefficient (Wildman–Crippen LogP) is 1.81. The lowest BCUT2D eigenvalue weighted by atomic mass is 9.84. The van der Waals surface area contributed by atoms with Crippen molar-refractivity contribution in [2.75, 3.05) is 26.8 Å². The summed E-state index contributed by atoms with van der Waals surface area (Å²) in [4.78, 5) is 14.5. The Morgan fingerprint density at radius 1 is 1.32 bits per heavy atom. The maximum atomic E-state index is 12.5. The Labute approximate surface area is 122 Å². The average molecular weight is 291 g/mol. The van der Waals surface area contributed by atoms with Crippen LogP contribution in [0.2, 0.25) is 0 Å². The lowest BCUT2D eigenvalue weighted by molar-refractivity contribution is -0.139.